The number of anilines is 1. The fourth-order valence-corrected chi connectivity index (χ4v) is 2.39. The Kier molecular flexibility index (Phi) is 2.29. The molecule has 2 N–H and O–H groups in total. The van der Waals surface area contributed by atoms with Crippen molar-refractivity contribution in [1.82, 2.24) is 0 Å². The molecular formula is C10H9NO2S. The maximum absolute atomic E-state index is 11.4. The molecule has 0 aliphatic carbocycles. The third kappa shape index (κ3) is 1.42. The Morgan fingerprint density at radius 1 is 1.29 bits per heavy atom. The van der Waals surface area contributed by atoms with Gasteiger partial charge in [0.15, 0.2) is 5.78 Å². The maximum atomic E-state index is 11.4. The van der Waals surface area contributed by atoms with E-state index in [1.165, 1.54) is 0 Å². The van der Waals surface area contributed by atoms with Crippen molar-refractivity contribution >= 4 is 28.3 Å². The highest BCUT2D eigenvalue weighted by atomic mass is 32.2. The van der Waals surface area contributed by atoms with E-state index in [9.17, 15) is 9.59 Å². The Labute approximate surface area is 85.7 Å². The molecule has 1 heterocycles. The average Bonchev–Trinajstić information content (AvgIpc) is 2.48. The van der Waals surface area contributed by atoms with E-state index >= 15 is 0 Å². The van der Waals surface area contributed by atoms with Gasteiger partial charge in [0.25, 0.3) is 0 Å². The van der Waals surface area contributed by atoms with Gasteiger partial charge in [0.1, 0.15) is 5.92 Å². The van der Waals surface area contributed by atoms with E-state index < -0.39 is 5.92 Å². The molecular weight excluding hydrogens is 198 g/mol. The first-order chi connectivity index (χ1) is 6.70. The van der Waals surface area contributed by atoms with Gasteiger partial charge >= 0.3 is 0 Å². The van der Waals surface area contributed by atoms with Crippen LogP contribution in [-0.4, -0.2) is 16.7 Å². The molecule has 1 atom stereocenters. The van der Waals surface area contributed by atoms with Crippen molar-refractivity contribution < 1.29 is 9.59 Å². The highest BCUT2D eigenvalue weighted by molar-refractivity contribution is 8.15. The van der Waals surface area contributed by atoms with Crippen molar-refractivity contribution in [2.45, 2.75) is 5.92 Å². The monoisotopic (exact) mass is 207 g/mol. The SMILES string of the molecule is Nc1ccccc1C1C(=O)CSC1=O. The minimum absolute atomic E-state index is 0.0436. The van der Waals surface area contributed by atoms with Gasteiger partial charge in [0, 0.05) is 5.69 Å². The molecule has 0 aromatic heterocycles. The predicted molar refractivity (Wildman–Crippen MR) is 56.1 cm³/mol. The van der Waals surface area contributed by atoms with Crippen LogP contribution in [0.5, 0.6) is 0 Å². The molecule has 14 heavy (non-hydrogen) atoms. The minimum Gasteiger partial charge on any atom is -0.398 e. The zero-order valence-electron chi connectivity index (χ0n) is 7.40. The van der Waals surface area contributed by atoms with Crippen molar-refractivity contribution in [3.63, 3.8) is 0 Å². The first kappa shape index (κ1) is 9.27. The van der Waals surface area contributed by atoms with E-state index in [0.29, 0.717) is 11.3 Å². The topological polar surface area (TPSA) is 60.2 Å². The molecule has 0 bridgehead atoms. The Bertz CT molecular complexity index is 387. The number of thioether (sulfide) groups is 1. The van der Waals surface area contributed by atoms with E-state index in [-0.39, 0.29) is 16.7 Å². The molecule has 1 aromatic carbocycles. The summed E-state index contributed by atoms with van der Waals surface area (Å²) in [6.45, 7) is 0. The van der Waals surface area contributed by atoms with Crippen LogP contribution in [0, 0.1) is 0 Å². The van der Waals surface area contributed by atoms with Crippen LogP contribution in [0.25, 0.3) is 0 Å². The normalized spacial score (nSPS) is 21.6. The predicted octanol–water partition coefficient (Wildman–Crippen LogP) is 1.19. The van der Waals surface area contributed by atoms with Crippen molar-refractivity contribution in [2.75, 3.05) is 11.5 Å². The van der Waals surface area contributed by atoms with Gasteiger partial charge in [-0.25, -0.2) is 0 Å². The second-order valence-corrected chi connectivity index (χ2v) is 4.12. The number of Topliss-reactive ketones (excluding diaryl/α,β-unsaturated/α-hetero) is 1. The van der Waals surface area contributed by atoms with Crippen LogP contribution in [0.4, 0.5) is 5.69 Å². The summed E-state index contributed by atoms with van der Waals surface area (Å²) in [4.78, 5) is 22.9. The molecule has 2 rings (SSSR count). The quantitative estimate of drug-likeness (QED) is 0.555. The molecule has 0 radical (unpaired) electrons. The summed E-state index contributed by atoms with van der Waals surface area (Å²) in [6.07, 6.45) is 0. The number of rotatable bonds is 1. The highest BCUT2D eigenvalue weighted by Crippen LogP contribution is 2.33. The second kappa shape index (κ2) is 3.46. The molecule has 1 aromatic rings. The average molecular weight is 207 g/mol. The van der Waals surface area contributed by atoms with E-state index in [0.717, 1.165) is 11.8 Å². The lowest BCUT2D eigenvalue weighted by molar-refractivity contribution is -0.122. The lowest BCUT2D eigenvalue weighted by Gasteiger charge is -2.08. The van der Waals surface area contributed by atoms with Gasteiger partial charge in [-0.2, -0.15) is 0 Å². The summed E-state index contributed by atoms with van der Waals surface area (Å²) in [5.74, 6) is -0.406. The smallest absolute Gasteiger partial charge is 0.204 e. The second-order valence-electron chi connectivity index (χ2n) is 3.14. The molecule has 1 saturated heterocycles. The lowest BCUT2D eigenvalue weighted by Crippen LogP contribution is -2.14. The first-order valence-electron chi connectivity index (χ1n) is 4.24. The van der Waals surface area contributed by atoms with Crippen molar-refractivity contribution in [1.29, 1.82) is 0 Å². The number of ketones is 1. The van der Waals surface area contributed by atoms with Crippen LogP contribution in [-0.2, 0) is 9.59 Å². The van der Waals surface area contributed by atoms with E-state index in [2.05, 4.69) is 0 Å². The van der Waals surface area contributed by atoms with E-state index in [1.807, 2.05) is 0 Å². The highest BCUT2D eigenvalue weighted by Gasteiger charge is 2.35. The van der Waals surface area contributed by atoms with Crippen molar-refractivity contribution in [2.24, 2.45) is 0 Å². The molecule has 1 fully saturated rings. The van der Waals surface area contributed by atoms with Crippen LogP contribution < -0.4 is 5.73 Å². The fraction of sp³-hybridized carbons (Fsp3) is 0.200. The Balaban J connectivity index is 2.44. The number of para-hydroxylation sites is 1. The Morgan fingerprint density at radius 2 is 2.00 bits per heavy atom. The molecule has 3 nitrogen and oxygen atoms in total. The Hall–Kier alpha value is -1.29. The number of benzene rings is 1. The van der Waals surface area contributed by atoms with Crippen LogP contribution in [0.1, 0.15) is 11.5 Å². The summed E-state index contributed by atoms with van der Waals surface area (Å²) < 4.78 is 0. The zero-order valence-corrected chi connectivity index (χ0v) is 8.21. The zero-order chi connectivity index (χ0) is 10.1. The number of hydrogen-bond donors (Lipinski definition) is 1. The summed E-state index contributed by atoms with van der Waals surface area (Å²) in [6, 6.07) is 7.02. The largest absolute Gasteiger partial charge is 0.398 e. The van der Waals surface area contributed by atoms with Gasteiger partial charge in [0.2, 0.25) is 5.12 Å². The van der Waals surface area contributed by atoms with E-state index in [1.54, 1.807) is 24.3 Å². The maximum Gasteiger partial charge on any atom is 0.204 e. The molecule has 1 aliphatic heterocycles. The summed E-state index contributed by atoms with van der Waals surface area (Å²) in [5.41, 5.74) is 6.87. The standard InChI is InChI=1S/C10H9NO2S/c11-7-4-2-1-3-6(7)9-8(12)5-14-10(9)13/h1-4,9H,5,11H2. The molecule has 72 valence electrons. The summed E-state index contributed by atoms with van der Waals surface area (Å²) in [7, 11) is 0. The van der Waals surface area contributed by atoms with E-state index in [4.69, 9.17) is 5.73 Å². The van der Waals surface area contributed by atoms with Crippen molar-refractivity contribution in [3.05, 3.63) is 29.8 Å². The Morgan fingerprint density at radius 3 is 2.57 bits per heavy atom. The van der Waals surface area contributed by atoms with Crippen LogP contribution in [0.3, 0.4) is 0 Å². The number of nitrogens with two attached hydrogens (primary N) is 1. The third-order valence-corrected chi connectivity index (χ3v) is 3.17. The van der Waals surface area contributed by atoms with Gasteiger partial charge in [0.05, 0.1) is 5.75 Å². The van der Waals surface area contributed by atoms with Gasteiger partial charge in [-0.15, -0.1) is 0 Å². The van der Waals surface area contributed by atoms with Crippen LogP contribution in [0.15, 0.2) is 24.3 Å². The first-order valence-corrected chi connectivity index (χ1v) is 5.22. The van der Waals surface area contributed by atoms with Gasteiger partial charge in [-0.05, 0) is 11.6 Å². The molecule has 1 aliphatic rings. The molecule has 1 unspecified atom stereocenters. The fourth-order valence-electron chi connectivity index (χ4n) is 1.51. The van der Waals surface area contributed by atoms with Gasteiger partial charge < -0.3 is 5.73 Å². The van der Waals surface area contributed by atoms with Crippen LogP contribution >= 0.6 is 11.8 Å². The number of carbonyl (C=O) groups excluding carboxylic acids is 2. The molecule has 0 amide bonds. The number of carbonyl (C=O) groups is 2. The molecule has 0 spiro atoms. The van der Waals surface area contributed by atoms with Gasteiger partial charge in [-0.3, -0.25) is 9.59 Å². The summed E-state index contributed by atoms with van der Waals surface area (Å²) >= 11 is 1.07. The van der Waals surface area contributed by atoms with Crippen LogP contribution in [0.2, 0.25) is 0 Å². The number of hydrogen-bond acceptors (Lipinski definition) is 4. The molecule has 4 heteroatoms. The summed E-state index contributed by atoms with van der Waals surface area (Å²) in [5, 5.41) is -0.0899. The van der Waals surface area contributed by atoms with Gasteiger partial charge in [-0.1, -0.05) is 30.0 Å². The lowest BCUT2D eigenvalue weighted by atomic mass is 9.95. The third-order valence-electron chi connectivity index (χ3n) is 2.22. The molecule has 0 saturated carbocycles. The van der Waals surface area contributed by atoms with Crippen molar-refractivity contribution in [3.8, 4) is 0 Å². The number of nitrogen functional groups attached to an aromatic ring is 1. The minimum atomic E-state index is -0.638.